The van der Waals surface area contributed by atoms with Gasteiger partial charge >= 0.3 is 0 Å². The first-order valence-electron chi connectivity index (χ1n) is 6.00. The van der Waals surface area contributed by atoms with Gasteiger partial charge in [-0.3, -0.25) is 0 Å². The van der Waals surface area contributed by atoms with Crippen LogP contribution in [0.4, 0.5) is 11.4 Å². The Bertz CT molecular complexity index is 522. The van der Waals surface area contributed by atoms with Crippen molar-refractivity contribution < 1.29 is 4.74 Å². The zero-order valence-corrected chi connectivity index (χ0v) is 11.5. The number of thiophene rings is 1. The van der Waals surface area contributed by atoms with E-state index in [2.05, 4.69) is 24.4 Å². The fourth-order valence-electron chi connectivity index (χ4n) is 1.74. The van der Waals surface area contributed by atoms with Crippen LogP contribution in [0.25, 0.3) is 0 Å². The summed E-state index contributed by atoms with van der Waals surface area (Å²) in [5.74, 6) is 0.808. The van der Waals surface area contributed by atoms with Crippen LogP contribution in [0.15, 0.2) is 30.3 Å². The second-order valence-electron chi connectivity index (χ2n) is 4.09. The van der Waals surface area contributed by atoms with E-state index in [1.54, 1.807) is 11.3 Å². The minimum absolute atomic E-state index is 0.646. The summed E-state index contributed by atoms with van der Waals surface area (Å²) in [6.07, 6.45) is 0. The molecule has 1 aromatic heterocycles. The van der Waals surface area contributed by atoms with Gasteiger partial charge in [-0.25, -0.2) is 0 Å². The lowest BCUT2D eigenvalue weighted by Gasteiger charge is -2.09. The number of ether oxygens (including phenoxy) is 1. The Morgan fingerprint density at radius 2 is 2.11 bits per heavy atom. The number of rotatable bonds is 5. The summed E-state index contributed by atoms with van der Waals surface area (Å²) in [6.45, 7) is 5.53. The van der Waals surface area contributed by atoms with E-state index < -0.39 is 0 Å². The van der Waals surface area contributed by atoms with E-state index >= 15 is 0 Å². The molecule has 0 radical (unpaired) electrons. The maximum Gasteiger partial charge on any atom is 0.123 e. The third kappa shape index (κ3) is 3.40. The van der Waals surface area contributed by atoms with Crippen molar-refractivity contribution in [2.75, 3.05) is 17.7 Å². The second kappa shape index (κ2) is 5.78. The van der Waals surface area contributed by atoms with E-state index in [1.165, 1.54) is 9.75 Å². The van der Waals surface area contributed by atoms with Gasteiger partial charge in [0.25, 0.3) is 0 Å². The molecule has 0 spiro atoms. The summed E-state index contributed by atoms with van der Waals surface area (Å²) in [5.41, 5.74) is 7.55. The van der Waals surface area contributed by atoms with Gasteiger partial charge in [0.2, 0.25) is 0 Å². The quantitative estimate of drug-likeness (QED) is 0.809. The molecule has 0 atom stereocenters. The molecule has 0 aliphatic heterocycles. The Hall–Kier alpha value is -1.68. The lowest BCUT2D eigenvalue weighted by atomic mass is 10.2. The van der Waals surface area contributed by atoms with Crippen LogP contribution in [0.1, 0.15) is 16.7 Å². The van der Waals surface area contributed by atoms with E-state index in [1.807, 2.05) is 25.1 Å². The minimum Gasteiger partial charge on any atom is -0.494 e. The molecule has 1 heterocycles. The van der Waals surface area contributed by atoms with Gasteiger partial charge in [-0.2, -0.15) is 0 Å². The number of nitrogen functional groups attached to an aromatic ring is 1. The van der Waals surface area contributed by atoms with Gasteiger partial charge in [-0.05, 0) is 32.0 Å². The Morgan fingerprint density at radius 3 is 2.78 bits per heavy atom. The van der Waals surface area contributed by atoms with Gasteiger partial charge in [0.15, 0.2) is 0 Å². The zero-order chi connectivity index (χ0) is 13.0. The third-order valence-corrected chi connectivity index (χ3v) is 3.50. The molecular formula is C14H18N2OS. The number of aryl methyl sites for hydroxylation is 1. The molecule has 18 heavy (non-hydrogen) atoms. The lowest BCUT2D eigenvalue weighted by Crippen LogP contribution is -2.00. The Balaban J connectivity index is 2.04. The van der Waals surface area contributed by atoms with Crippen LogP contribution in [-0.4, -0.2) is 6.61 Å². The zero-order valence-electron chi connectivity index (χ0n) is 10.7. The van der Waals surface area contributed by atoms with Crippen molar-refractivity contribution in [2.24, 2.45) is 0 Å². The summed E-state index contributed by atoms with van der Waals surface area (Å²) >= 11 is 1.80. The molecule has 0 aliphatic rings. The molecule has 0 aliphatic carbocycles. The average molecular weight is 262 g/mol. The standard InChI is InChI=1S/C14H18N2OS/c1-3-17-13-7-11(15)6-12(8-13)16-9-14-5-4-10(2)18-14/h4-8,16H,3,9,15H2,1-2H3. The summed E-state index contributed by atoms with van der Waals surface area (Å²) in [6, 6.07) is 10.0. The van der Waals surface area contributed by atoms with Crippen molar-refractivity contribution >= 4 is 22.7 Å². The molecule has 1 aromatic carbocycles. The highest BCUT2D eigenvalue weighted by molar-refractivity contribution is 7.11. The highest BCUT2D eigenvalue weighted by atomic mass is 32.1. The summed E-state index contributed by atoms with van der Waals surface area (Å²) in [7, 11) is 0. The number of hydrogen-bond acceptors (Lipinski definition) is 4. The number of nitrogens with one attached hydrogen (secondary N) is 1. The van der Waals surface area contributed by atoms with E-state index in [4.69, 9.17) is 10.5 Å². The van der Waals surface area contributed by atoms with Gasteiger partial charge in [0.05, 0.1) is 6.61 Å². The van der Waals surface area contributed by atoms with Crippen molar-refractivity contribution in [2.45, 2.75) is 20.4 Å². The predicted octanol–water partition coefficient (Wildman–Crippen LogP) is 3.65. The molecule has 2 rings (SSSR count). The molecule has 3 N–H and O–H groups in total. The molecule has 2 aromatic rings. The smallest absolute Gasteiger partial charge is 0.123 e. The molecule has 3 nitrogen and oxygen atoms in total. The molecule has 0 fully saturated rings. The molecule has 0 amide bonds. The fourth-order valence-corrected chi connectivity index (χ4v) is 2.57. The van der Waals surface area contributed by atoms with Gasteiger partial charge < -0.3 is 15.8 Å². The number of anilines is 2. The molecular weight excluding hydrogens is 244 g/mol. The second-order valence-corrected chi connectivity index (χ2v) is 5.46. The topological polar surface area (TPSA) is 47.3 Å². The van der Waals surface area contributed by atoms with Crippen molar-refractivity contribution in [3.8, 4) is 5.75 Å². The monoisotopic (exact) mass is 262 g/mol. The molecule has 0 unspecified atom stereocenters. The largest absolute Gasteiger partial charge is 0.494 e. The normalized spacial score (nSPS) is 10.3. The van der Waals surface area contributed by atoms with Crippen molar-refractivity contribution in [1.82, 2.24) is 0 Å². The molecule has 4 heteroatoms. The van der Waals surface area contributed by atoms with Crippen molar-refractivity contribution in [1.29, 1.82) is 0 Å². The highest BCUT2D eigenvalue weighted by Crippen LogP contribution is 2.24. The van der Waals surface area contributed by atoms with Gasteiger partial charge in [-0.15, -0.1) is 11.3 Å². The number of benzene rings is 1. The fraction of sp³-hybridized carbons (Fsp3) is 0.286. The maximum atomic E-state index is 5.85. The molecule has 0 saturated heterocycles. The Kier molecular flexibility index (Phi) is 4.10. The third-order valence-electron chi connectivity index (χ3n) is 2.50. The van der Waals surface area contributed by atoms with Gasteiger partial charge in [0.1, 0.15) is 5.75 Å². The first kappa shape index (κ1) is 12.8. The van der Waals surface area contributed by atoms with E-state index in [-0.39, 0.29) is 0 Å². The molecule has 0 bridgehead atoms. The van der Waals surface area contributed by atoms with Crippen molar-refractivity contribution in [3.63, 3.8) is 0 Å². The SMILES string of the molecule is CCOc1cc(N)cc(NCc2ccc(C)s2)c1. The minimum atomic E-state index is 0.646. The summed E-state index contributed by atoms with van der Waals surface area (Å²) in [5, 5.41) is 3.36. The van der Waals surface area contributed by atoms with Crippen molar-refractivity contribution in [3.05, 3.63) is 40.1 Å². The van der Waals surface area contributed by atoms with Gasteiger partial charge in [-0.1, -0.05) is 0 Å². The number of hydrogen-bond donors (Lipinski definition) is 2. The molecule has 0 saturated carbocycles. The van der Waals surface area contributed by atoms with Crippen LogP contribution < -0.4 is 15.8 Å². The van der Waals surface area contributed by atoms with Crippen LogP contribution in [0.5, 0.6) is 5.75 Å². The average Bonchev–Trinajstić information content (AvgIpc) is 2.72. The van der Waals surface area contributed by atoms with E-state index in [0.29, 0.717) is 12.3 Å². The Morgan fingerprint density at radius 1 is 1.28 bits per heavy atom. The first-order valence-corrected chi connectivity index (χ1v) is 6.81. The van der Waals surface area contributed by atoms with Crippen LogP contribution in [-0.2, 0) is 6.54 Å². The number of nitrogens with two attached hydrogens (primary N) is 1. The van der Waals surface area contributed by atoms with Crippen LogP contribution in [0, 0.1) is 6.92 Å². The maximum absolute atomic E-state index is 5.85. The van der Waals surface area contributed by atoms with Gasteiger partial charge in [0, 0.05) is 39.8 Å². The summed E-state index contributed by atoms with van der Waals surface area (Å²) in [4.78, 5) is 2.64. The molecule has 96 valence electrons. The lowest BCUT2D eigenvalue weighted by molar-refractivity contribution is 0.340. The Labute approximate surface area is 112 Å². The van der Waals surface area contributed by atoms with E-state index in [9.17, 15) is 0 Å². The first-order chi connectivity index (χ1) is 8.67. The van der Waals surface area contributed by atoms with E-state index in [0.717, 1.165) is 18.0 Å². The van der Waals surface area contributed by atoms with Crippen LogP contribution in [0.3, 0.4) is 0 Å². The van der Waals surface area contributed by atoms with Crippen LogP contribution in [0.2, 0.25) is 0 Å². The van der Waals surface area contributed by atoms with Crippen LogP contribution >= 0.6 is 11.3 Å². The predicted molar refractivity (Wildman–Crippen MR) is 78.4 cm³/mol. The highest BCUT2D eigenvalue weighted by Gasteiger charge is 2.01. The summed E-state index contributed by atoms with van der Waals surface area (Å²) < 4.78 is 5.47.